The third-order valence-electron chi connectivity index (χ3n) is 7.88. The number of rotatable bonds is 5. The third kappa shape index (κ3) is 4.98. The summed E-state index contributed by atoms with van der Waals surface area (Å²) in [5.41, 5.74) is 6.45. The molecule has 1 unspecified atom stereocenters. The second-order valence-corrected chi connectivity index (χ2v) is 11.0. The molecular formula is C29H33BrN6O. The van der Waals surface area contributed by atoms with Gasteiger partial charge < -0.3 is 19.9 Å². The number of aromatic nitrogens is 3. The van der Waals surface area contributed by atoms with Crippen molar-refractivity contribution in [2.45, 2.75) is 31.9 Å². The summed E-state index contributed by atoms with van der Waals surface area (Å²) in [6, 6.07) is 19.7. The molecule has 2 fully saturated rings. The number of aliphatic hydroxyl groups excluding tert-OH is 1. The monoisotopic (exact) mass is 560 g/mol. The number of H-pyrrole nitrogens is 1. The average molecular weight is 562 g/mol. The van der Waals surface area contributed by atoms with Gasteiger partial charge in [-0.05, 0) is 65.5 Å². The molecule has 192 valence electrons. The summed E-state index contributed by atoms with van der Waals surface area (Å²) in [5.74, 6) is 0.832. The highest BCUT2D eigenvalue weighted by atomic mass is 79.9. The van der Waals surface area contributed by atoms with E-state index in [1.807, 2.05) is 6.20 Å². The van der Waals surface area contributed by atoms with Gasteiger partial charge in [-0.25, -0.2) is 9.97 Å². The van der Waals surface area contributed by atoms with Crippen molar-refractivity contribution in [1.82, 2.24) is 19.9 Å². The van der Waals surface area contributed by atoms with E-state index in [9.17, 15) is 5.11 Å². The van der Waals surface area contributed by atoms with Gasteiger partial charge in [0.2, 0.25) is 0 Å². The Hall–Kier alpha value is -2.94. The van der Waals surface area contributed by atoms with Crippen molar-refractivity contribution in [1.29, 1.82) is 0 Å². The Morgan fingerprint density at radius 2 is 1.62 bits per heavy atom. The third-order valence-corrected chi connectivity index (χ3v) is 8.46. The van der Waals surface area contributed by atoms with Gasteiger partial charge in [0.05, 0.1) is 16.3 Å². The molecule has 2 N–H and O–H groups in total. The van der Waals surface area contributed by atoms with E-state index in [4.69, 9.17) is 4.98 Å². The topological polar surface area (TPSA) is 71.5 Å². The summed E-state index contributed by atoms with van der Waals surface area (Å²) in [6.07, 6.45) is 3.36. The Balaban J connectivity index is 1.20. The fourth-order valence-electron chi connectivity index (χ4n) is 5.60. The number of benzene rings is 2. The van der Waals surface area contributed by atoms with Gasteiger partial charge in [-0.2, -0.15) is 0 Å². The maximum Gasteiger partial charge on any atom is 0.180 e. The first kappa shape index (κ1) is 24.4. The number of imidazole rings is 1. The Bertz CT molecular complexity index is 1340. The van der Waals surface area contributed by atoms with Crippen LogP contribution in [0.3, 0.4) is 0 Å². The van der Waals surface area contributed by atoms with Crippen molar-refractivity contribution in [3.63, 3.8) is 0 Å². The minimum Gasteiger partial charge on any atom is -0.393 e. The van der Waals surface area contributed by atoms with Crippen molar-refractivity contribution in [3.05, 3.63) is 70.8 Å². The summed E-state index contributed by atoms with van der Waals surface area (Å²) in [4.78, 5) is 20.4. The normalized spacial score (nSPS) is 18.5. The summed E-state index contributed by atoms with van der Waals surface area (Å²) in [7, 11) is 0. The number of aromatic amines is 1. The molecule has 8 heteroatoms. The summed E-state index contributed by atoms with van der Waals surface area (Å²) in [5, 5.41) is 9.80. The van der Waals surface area contributed by atoms with E-state index in [2.05, 4.69) is 102 Å². The van der Waals surface area contributed by atoms with Crippen LogP contribution in [0.2, 0.25) is 0 Å². The van der Waals surface area contributed by atoms with Gasteiger partial charge in [0.1, 0.15) is 11.3 Å². The molecule has 0 radical (unpaired) electrons. The molecule has 1 atom stereocenters. The van der Waals surface area contributed by atoms with Crippen LogP contribution in [-0.2, 0) is 0 Å². The van der Waals surface area contributed by atoms with Crippen molar-refractivity contribution in [2.75, 3.05) is 49.1 Å². The second-order valence-electron chi connectivity index (χ2n) is 10.1. The zero-order chi connectivity index (χ0) is 25.4. The van der Waals surface area contributed by atoms with Gasteiger partial charge >= 0.3 is 0 Å². The van der Waals surface area contributed by atoms with E-state index < -0.39 is 0 Å². The molecule has 37 heavy (non-hydrogen) atoms. The van der Waals surface area contributed by atoms with Crippen molar-refractivity contribution >= 4 is 38.5 Å². The summed E-state index contributed by atoms with van der Waals surface area (Å²) < 4.78 is 0.988. The van der Waals surface area contributed by atoms with Crippen LogP contribution in [0, 0.1) is 0 Å². The number of anilines is 2. The maximum absolute atomic E-state index is 9.80. The SMILES string of the molecule is CC(c1ccccc1)N1CCN(c2c(Br)cnc3nc(-c4ccc(N5CCC(O)CC5)cc4)[nH]c23)CC1. The largest absolute Gasteiger partial charge is 0.393 e. The van der Waals surface area contributed by atoms with Crippen LogP contribution in [0.25, 0.3) is 22.6 Å². The Labute approximate surface area is 226 Å². The Morgan fingerprint density at radius 1 is 0.919 bits per heavy atom. The molecule has 2 aromatic carbocycles. The molecular weight excluding hydrogens is 528 g/mol. The fourth-order valence-corrected chi connectivity index (χ4v) is 6.15. The first-order valence-electron chi connectivity index (χ1n) is 13.2. The molecule has 0 saturated carbocycles. The lowest BCUT2D eigenvalue weighted by atomic mass is 10.1. The van der Waals surface area contributed by atoms with Gasteiger partial charge in [0.25, 0.3) is 0 Å². The highest BCUT2D eigenvalue weighted by molar-refractivity contribution is 9.10. The van der Waals surface area contributed by atoms with Crippen molar-refractivity contribution < 1.29 is 5.11 Å². The molecule has 4 aromatic rings. The van der Waals surface area contributed by atoms with Crippen LogP contribution in [-0.4, -0.2) is 70.3 Å². The Kier molecular flexibility index (Phi) is 6.88. The molecule has 2 saturated heterocycles. The minimum atomic E-state index is -0.165. The van der Waals surface area contributed by atoms with E-state index >= 15 is 0 Å². The Morgan fingerprint density at radius 3 is 2.32 bits per heavy atom. The molecule has 0 aliphatic carbocycles. The average Bonchev–Trinajstić information content (AvgIpc) is 3.38. The molecule has 0 bridgehead atoms. The van der Waals surface area contributed by atoms with Crippen LogP contribution >= 0.6 is 15.9 Å². The van der Waals surface area contributed by atoms with E-state index in [1.165, 1.54) is 11.3 Å². The van der Waals surface area contributed by atoms with Crippen LogP contribution in [0.5, 0.6) is 0 Å². The second kappa shape index (κ2) is 10.4. The van der Waals surface area contributed by atoms with E-state index in [-0.39, 0.29) is 6.10 Å². The number of hydrogen-bond acceptors (Lipinski definition) is 6. The highest BCUT2D eigenvalue weighted by Crippen LogP contribution is 2.35. The first-order valence-corrected chi connectivity index (χ1v) is 14.0. The number of hydrogen-bond donors (Lipinski definition) is 2. The standard InChI is InChI=1S/C29H33BrN6O/c1-20(21-5-3-2-4-6-21)34-15-17-36(18-16-34)27-25(30)19-31-29-26(27)32-28(33-29)22-7-9-23(10-8-22)35-13-11-24(37)12-14-35/h2-10,19-20,24,37H,11-18H2,1H3,(H,31,32,33). The molecule has 2 aromatic heterocycles. The zero-order valence-electron chi connectivity index (χ0n) is 21.1. The lowest BCUT2D eigenvalue weighted by Crippen LogP contribution is -2.47. The van der Waals surface area contributed by atoms with Gasteiger partial charge in [-0.15, -0.1) is 0 Å². The van der Waals surface area contributed by atoms with Crippen molar-refractivity contribution in [3.8, 4) is 11.4 Å². The minimum absolute atomic E-state index is 0.165. The number of piperazine rings is 1. The molecule has 4 heterocycles. The molecule has 2 aliphatic rings. The van der Waals surface area contributed by atoms with Crippen molar-refractivity contribution in [2.24, 2.45) is 0 Å². The maximum atomic E-state index is 9.80. The summed E-state index contributed by atoms with van der Waals surface area (Å²) >= 11 is 3.77. The zero-order valence-corrected chi connectivity index (χ0v) is 22.7. The van der Waals surface area contributed by atoms with E-state index in [0.717, 1.165) is 84.8 Å². The number of piperidine rings is 1. The van der Waals surface area contributed by atoms with Gasteiger partial charge in [0.15, 0.2) is 5.65 Å². The van der Waals surface area contributed by atoms with Gasteiger partial charge in [-0.1, -0.05) is 30.3 Å². The van der Waals surface area contributed by atoms with Gasteiger partial charge in [0, 0.05) is 62.8 Å². The lowest BCUT2D eigenvalue weighted by Gasteiger charge is -2.39. The number of pyridine rings is 1. The molecule has 7 nitrogen and oxygen atoms in total. The molecule has 0 spiro atoms. The van der Waals surface area contributed by atoms with Crippen LogP contribution in [0.15, 0.2) is 65.3 Å². The summed E-state index contributed by atoms with van der Waals surface area (Å²) in [6.45, 7) is 7.98. The lowest BCUT2D eigenvalue weighted by molar-refractivity contribution is 0.145. The molecule has 6 rings (SSSR count). The predicted octanol–water partition coefficient (Wildman–Crippen LogP) is 5.23. The molecule has 0 amide bonds. The van der Waals surface area contributed by atoms with Crippen LogP contribution in [0.1, 0.15) is 31.4 Å². The smallest absolute Gasteiger partial charge is 0.180 e. The van der Waals surface area contributed by atoms with Crippen LogP contribution in [0.4, 0.5) is 11.4 Å². The number of nitrogens with one attached hydrogen (secondary N) is 1. The highest BCUT2D eigenvalue weighted by Gasteiger charge is 2.26. The van der Waals surface area contributed by atoms with E-state index in [1.54, 1.807) is 0 Å². The first-order chi connectivity index (χ1) is 18.1. The van der Waals surface area contributed by atoms with E-state index in [0.29, 0.717) is 6.04 Å². The van der Waals surface area contributed by atoms with Crippen LogP contribution < -0.4 is 9.80 Å². The number of nitrogens with zero attached hydrogens (tertiary/aromatic N) is 5. The van der Waals surface area contributed by atoms with Gasteiger partial charge in [-0.3, -0.25) is 4.90 Å². The number of fused-ring (bicyclic) bond motifs is 1. The fraction of sp³-hybridized carbons (Fsp3) is 0.379. The number of aliphatic hydroxyl groups is 1. The predicted molar refractivity (Wildman–Crippen MR) is 153 cm³/mol. The molecule has 2 aliphatic heterocycles. The quantitative estimate of drug-likeness (QED) is 0.348. The number of halogens is 1.